The molecule has 0 saturated heterocycles. The van der Waals surface area contributed by atoms with Crippen molar-refractivity contribution in [3.05, 3.63) is 223 Å². The molecule has 6 heteroatoms. The van der Waals surface area contributed by atoms with Gasteiger partial charge in [0.15, 0.2) is 0 Å². The van der Waals surface area contributed by atoms with Crippen molar-refractivity contribution >= 4 is 118 Å². The van der Waals surface area contributed by atoms with Gasteiger partial charge in [-0.25, -0.2) is 0 Å². The topological polar surface area (TPSA) is 62.4 Å². The predicted octanol–water partition coefficient (Wildman–Crippen LogP) is 17.1. The summed E-state index contributed by atoms with van der Waals surface area (Å²) in [5.74, 6) is 0. The van der Waals surface area contributed by atoms with Crippen LogP contribution in [0.15, 0.2) is 212 Å². The number of aromatic nitrogens is 3. The summed E-state index contributed by atoms with van der Waals surface area (Å²) < 4.78 is 9.21. The Balaban J connectivity index is 1.26. The summed E-state index contributed by atoms with van der Waals surface area (Å²) in [7, 11) is 0. The van der Waals surface area contributed by atoms with E-state index in [1.807, 2.05) is 12.1 Å². The van der Waals surface area contributed by atoms with Crippen LogP contribution in [-0.4, -0.2) is 13.7 Å². The van der Waals surface area contributed by atoms with E-state index in [1.54, 1.807) is 11.3 Å². The normalized spacial score (nSPS) is 12.0. The number of hydrogen-bond acceptors (Lipinski definition) is 3. The lowest BCUT2D eigenvalue weighted by Crippen LogP contribution is -2.14. The molecule has 0 fully saturated rings. The minimum absolute atomic E-state index is 0.402. The molecule has 4 heterocycles. The summed E-state index contributed by atoms with van der Waals surface area (Å²) >= 11 is 1.78. The zero-order valence-corrected chi connectivity index (χ0v) is 38.2. The Hall–Kier alpha value is -9.46. The first-order valence-corrected chi connectivity index (χ1v) is 24.3. The number of thiophene rings is 1. The summed E-state index contributed by atoms with van der Waals surface area (Å²) in [4.78, 5) is 0. The number of nitrogens with zero attached hydrogens (tertiary/aromatic N) is 5. The van der Waals surface area contributed by atoms with Crippen LogP contribution >= 0.6 is 11.3 Å². The minimum Gasteiger partial charge on any atom is -0.307 e. The SMILES string of the molecule is N#Cc1c(-n2c3ccccc3c3ccccc32)c(C#N)c(-n2c3ccccc3c3c4ccccc4ccc32)c(-c2ccc3sc4ccccc4c3c2)c1-n1c2ccccc2c2c3ccccc3ccc21. The maximum absolute atomic E-state index is 12.3. The van der Waals surface area contributed by atoms with Gasteiger partial charge in [0.1, 0.15) is 23.3 Å². The van der Waals surface area contributed by atoms with Gasteiger partial charge in [-0.05, 0) is 81.7 Å². The predicted molar refractivity (Wildman–Crippen MR) is 292 cm³/mol. The molecule has 0 amide bonds. The first-order chi connectivity index (χ1) is 34.7. The molecule has 0 unspecified atom stereocenters. The Bertz CT molecular complexity index is 4620. The highest BCUT2D eigenvalue weighted by atomic mass is 32.1. The van der Waals surface area contributed by atoms with E-state index in [2.05, 4.69) is 226 Å². The summed E-state index contributed by atoms with van der Waals surface area (Å²) in [6.45, 7) is 0. The fourth-order valence-electron chi connectivity index (χ4n) is 11.9. The van der Waals surface area contributed by atoms with Gasteiger partial charge in [0.2, 0.25) is 0 Å². The quantitative estimate of drug-likeness (QED) is 0.177. The van der Waals surface area contributed by atoms with Crippen LogP contribution < -0.4 is 0 Å². The molecule has 0 saturated carbocycles. The third-order valence-electron chi connectivity index (χ3n) is 14.7. The van der Waals surface area contributed by atoms with Crippen LogP contribution in [0.1, 0.15) is 11.1 Å². The molecule has 5 nitrogen and oxygen atoms in total. The highest BCUT2D eigenvalue weighted by Crippen LogP contribution is 2.51. The summed E-state index contributed by atoms with van der Waals surface area (Å²) in [5.41, 5.74) is 10.1. The van der Waals surface area contributed by atoms with E-state index in [0.717, 1.165) is 103 Å². The van der Waals surface area contributed by atoms with Gasteiger partial charge >= 0.3 is 0 Å². The molecule has 0 aliphatic heterocycles. The van der Waals surface area contributed by atoms with Gasteiger partial charge in [-0.2, -0.15) is 10.5 Å². The third kappa shape index (κ3) is 5.12. The zero-order chi connectivity index (χ0) is 46.2. The van der Waals surface area contributed by atoms with E-state index in [4.69, 9.17) is 0 Å². The lowest BCUT2D eigenvalue weighted by atomic mass is 9.91. The lowest BCUT2D eigenvalue weighted by Gasteiger charge is -2.26. The Morgan fingerprint density at radius 2 is 0.714 bits per heavy atom. The lowest BCUT2D eigenvalue weighted by molar-refractivity contribution is 1.08. The van der Waals surface area contributed by atoms with Crippen LogP contribution in [0.25, 0.3) is 135 Å². The molecule has 70 heavy (non-hydrogen) atoms. The number of benzene rings is 11. The first-order valence-electron chi connectivity index (χ1n) is 23.5. The van der Waals surface area contributed by atoms with Crippen molar-refractivity contribution in [2.75, 3.05) is 0 Å². The summed E-state index contributed by atoms with van der Waals surface area (Å²) in [6.07, 6.45) is 0. The van der Waals surface area contributed by atoms with Crippen molar-refractivity contribution in [3.63, 3.8) is 0 Å². The van der Waals surface area contributed by atoms with E-state index in [9.17, 15) is 10.5 Å². The van der Waals surface area contributed by atoms with Gasteiger partial charge in [0.05, 0.1) is 50.2 Å². The number of fused-ring (bicyclic) bond motifs is 16. The molecule has 0 N–H and O–H groups in total. The second kappa shape index (κ2) is 14.5. The van der Waals surface area contributed by atoms with Crippen molar-refractivity contribution in [1.82, 2.24) is 13.7 Å². The molecular weight excluding hydrogens is 871 g/mol. The van der Waals surface area contributed by atoms with Gasteiger partial charge in [-0.1, -0.05) is 158 Å². The molecule has 0 aliphatic rings. The van der Waals surface area contributed by atoms with E-state index in [-0.39, 0.29) is 0 Å². The Morgan fingerprint density at radius 1 is 0.314 bits per heavy atom. The first kappa shape index (κ1) is 38.6. The largest absolute Gasteiger partial charge is 0.307 e. The van der Waals surface area contributed by atoms with Crippen LogP contribution in [0, 0.1) is 22.7 Å². The monoisotopic (exact) mass is 905 g/mol. The van der Waals surface area contributed by atoms with Crippen molar-refractivity contribution < 1.29 is 0 Å². The average Bonchev–Trinajstić information content (AvgIpc) is 4.16. The maximum Gasteiger partial charge on any atom is 0.104 e. The standard InChI is InChI=1S/C64H35N5S/c65-36-49-62(67-51-24-10-5-19-43(51)44-20-6-11-25-52(44)67)50(37-66)64(69-54-27-13-8-23-47(54)61-42-18-4-2-16-39(42)30-33-56(61)69)59(40-31-34-58-48(35-40)45-21-9-14-28-57(45)70-58)63(49)68-53-26-12-7-22-46(53)60-41-17-3-1-15-38(41)29-32-55(60)68/h1-35H. The highest BCUT2D eigenvalue weighted by Gasteiger charge is 2.33. The second-order valence-electron chi connectivity index (χ2n) is 18.1. The molecule has 0 bridgehead atoms. The Kier molecular flexibility index (Phi) is 8.01. The Labute approximate surface area is 404 Å². The Morgan fingerprint density at radius 3 is 1.23 bits per heavy atom. The number of nitriles is 2. The van der Waals surface area contributed by atoms with Crippen LogP contribution in [0.2, 0.25) is 0 Å². The average molecular weight is 906 g/mol. The van der Waals surface area contributed by atoms with Crippen LogP contribution in [0.5, 0.6) is 0 Å². The van der Waals surface area contributed by atoms with Crippen LogP contribution in [0.3, 0.4) is 0 Å². The molecule has 15 rings (SSSR count). The van der Waals surface area contributed by atoms with Gasteiger partial charge < -0.3 is 13.7 Å². The van der Waals surface area contributed by atoms with E-state index >= 15 is 0 Å². The summed E-state index contributed by atoms with van der Waals surface area (Å²) in [5, 5.41) is 37.9. The molecule has 0 radical (unpaired) electrons. The van der Waals surface area contributed by atoms with E-state index in [1.165, 1.54) is 14.8 Å². The molecular formula is C64H35N5S. The van der Waals surface area contributed by atoms with Gasteiger partial charge in [-0.3, -0.25) is 0 Å². The number of para-hydroxylation sites is 4. The smallest absolute Gasteiger partial charge is 0.104 e. The molecule has 4 aromatic heterocycles. The van der Waals surface area contributed by atoms with Gasteiger partial charge in [0.25, 0.3) is 0 Å². The fourth-order valence-corrected chi connectivity index (χ4v) is 13.0. The minimum atomic E-state index is 0.402. The molecule has 0 atom stereocenters. The molecule has 11 aromatic carbocycles. The van der Waals surface area contributed by atoms with E-state index < -0.39 is 0 Å². The second-order valence-corrected chi connectivity index (χ2v) is 19.2. The zero-order valence-electron chi connectivity index (χ0n) is 37.4. The fraction of sp³-hybridized carbons (Fsp3) is 0. The highest BCUT2D eigenvalue weighted by molar-refractivity contribution is 7.25. The molecule has 0 aliphatic carbocycles. The maximum atomic E-state index is 12.3. The van der Waals surface area contributed by atoms with Crippen LogP contribution in [0.4, 0.5) is 0 Å². The van der Waals surface area contributed by atoms with Gasteiger partial charge in [0, 0.05) is 58.1 Å². The van der Waals surface area contributed by atoms with Crippen molar-refractivity contribution in [3.8, 4) is 40.3 Å². The van der Waals surface area contributed by atoms with Crippen molar-refractivity contribution in [2.24, 2.45) is 0 Å². The molecule has 0 spiro atoms. The van der Waals surface area contributed by atoms with Crippen LogP contribution in [-0.2, 0) is 0 Å². The molecule has 322 valence electrons. The third-order valence-corrected chi connectivity index (χ3v) is 15.8. The summed E-state index contributed by atoms with van der Waals surface area (Å²) in [6, 6.07) is 80.8. The van der Waals surface area contributed by atoms with Crippen molar-refractivity contribution in [2.45, 2.75) is 0 Å². The van der Waals surface area contributed by atoms with E-state index in [0.29, 0.717) is 28.2 Å². The van der Waals surface area contributed by atoms with Crippen molar-refractivity contribution in [1.29, 1.82) is 10.5 Å². The molecule has 15 aromatic rings. The van der Waals surface area contributed by atoms with Gasteiger partial charge in [-0.15, -0.1) is 11.3 Å². The number of rotatable bonds is 4. The number of hydrogen-bond donors (Lipinski definition) is 0.